The van der Waals surface area contributed by atoms with E-state index in [0.29, 0.717) is 12.8 Å². The van der Waals surface area contributed by atoms with Crippen LogP contribution in [0, 0.1) is 5.41 Å². The summed E-state index contributed by atoms with van der Waals surface area (Å²) in [7, 11) is 0. The highest BCUT2D eigenvalue weighted by atomic mass is 35.5. The molecule has 0 bridgehead atoms. The summed E-state index contributed by atoms with van der Waals surface area (Å²) in [5.41, 5.74) is -1.76. The van der Waals surface area contributed by atoms with E-state index in [2.05, 4.69) is 0 Å². The lowest BCUT2D eigenvalue weighted by atomic mass is 9.73. The molecule has 4 nitrogen and oxygen atoms in total. The fourth-order valence-electron chi connectivity index (χ4n) is 1.70. The van der Waals surface area contributed by atoms with Crippen molar-refractivity contribution in [1.29, 1.82) is 0 Å². The molecule has 0 radical (unpaired) electrons. The summed E-state index contributed by atoms with van der Waals surface area (Å²) < 4.78 is 0. The van der Waals surface area contributed by atoms with E-state index in [-0.39, 0.29) is 6.42 Å². The van der Waals surface area contributed by atoms with Gasteiger partial charge < -0.3 is 10.2 Å². The van der Waals surface area contributed by atoms with Crippen molar-refractivity contribution < 1.29 is 19.8 Å². The Kier molecular flexibility index (Phi) is 2.81. The molecule has 1 rings (SSSR count). The van der Waals surface area contributed by atoms with Crippen LogP contribution >= 0.6 is 11.6 Å². The van der Waals surface area contributed by atoms with E-state index < -0.39 is 22.7 Å². The maximum Gasteiger partial charge on any atom is 0.322 e. The topological polar surface area (TPSA) is 74.6 Å². The number of hydrogen-bond donors (Lipinski definition) is 2. The third-order valence-electron chi connectivity index (χ3n) is 2.58. The van der Waals surface area contributed by atoms with E-state index >= 15 is 0 Å². The van der Waals surface area contributed by atoms with Crippen molar-refractivity contribution in [2.45, 2.75) is 31.1 Å². The molecule has 0 aromatic carbocycles. The molecule has 13 heavy (non-hydrogen) atoms. The molecule has 5 heteroatoms. The van der Waals surface area contributed by atoms with Crippen molar-refractivity contribution in [2.75, 3.05) is 0 Å². The van der Waals surface area contributed by atoms with Crippen LogP contribution in [0.4, 0.5) is 0 Å². The molecule has 1 aliphatic rings. The number of carbonyl (C=O) groups is 2. The molecule has 0 aliphatic heterocycles. The van der Waals surface area contributed by atoms with Gasteiger partial charge in [-0.15, -0.1) is 11.6 Å². The van der Waals surface area contributed by atoms with Gasteiger partial charge in [0.2, 0.25) is 0 Å². The molecule has 2 N–H and O–H groups in total. The standard InChI is InChI=1S/C8H11ClO4/c9-5-3-1-2-4-8(5,6(10)11)7(12)13/h5H,1-4H2,(H,10,11)(H,12,13). The minimum Gasteiger partial charge on any atom is -0.480 e. The molecule has 0 saturated heterocycles. The van der Waals surface area contributed by atoms with Crippen LogP contribution in [0.2, 0.25) is 0 Å². The number of carboxylic acid groups (broad SMARTS) is 2. The Labute approximate surface area is 80.5 Å². The van der Waals surface area contributed by atoms with Crippen molar-refractivity contribution >= 4 is 23.5 Å². The van der Waals surface area contributed by atoms with Gasteiger partial charge in [0.1, 0.15) is 0 Å². The van der Waals surface area contributed by atoms with Crippen molar-refractivity contribution in [1.82, 2.24) is 0 Å². The Hall–Kier alpha value is -0.770. The highest BCUT2D eigenvalue weighted by Crippen LogP contribution is 2.40. The summed E-state index contributed by atoms with van der Waals surface area (Å²) in [6.07, 6.45) is 2.00. The molecule has 1 fully saturated rings. The van der Waals surface area contributed by atoms with E-state index in [1.54, 1.807) is 0 Å². The van der Waals surface area contributed by atoms with Crippen LogP contribution in [-0.4, -0.2) is 27.5 Å². The summed E-state index contributed by atoms with van der Waals surface area (Å²) in [6, 6.07) is 0. The Bertz CT molecular complexity index is 224. The molecule has 74 valence electrons. The molecular formula is C8H11ClO4. The normalized spacial score (nSPS) is 26.7. The first-order valence-corrected chi connectivity index (χ1v) is 4.56. The zero-order valence-electron chi connectivity index (χ0n) is 6.99. The number of alkyl halides is 1. The maximum atomic E-state index is 10.9. The maximum absolute atomic E-state index is 10.9. The average molecular weight is 207 g/mol. The molecule has 1 aliphatic carbocycles. The van der Waals surface area contributed by atoms with Crippen LogP contribution in [0.15, 0.2) is 0 Å². The number of halogens is 1. The minimum absolute atomic E-state index is 0.131. The molecule has 1 unspecified atom stereocenters. The smallest absolute Gasteiger partial charge is 0.322 e. The van der Waals surface area contributed by atoms with Crippen LogP contribution in [0.25, 0.3) is 0 Å². The van der Waals surface area contributed by atoms with Crippen LogP contribution in [-0.2, 0) is 9.59 Å². The Morgan fingerprint density at radius 2 is 1.77 bits per heavy atom. The number of aliphatic carboxylic acids is 2. The van der Waals surface area contributed by atoms with Gasteiger partial charge in [-0.05, 0) is 12.8 Å². The molecule has 0 amide bonds. The lowest BCUT2D eigenvalue weighted by Crippen LogP contribution is -2.48. The van der Waals surface area contributed by atoms with Gasteiger partial charge in [-0.3, -0.25) is 9.59 Å². The van der Waals surface area contributed by atoms with E-state index in [1.165, 1.54) is 0 Å². The first-order chi connectivity index (χ1) is 6.01. The quantitative estimate of drug-likeness (QED) is 0.528. The van der Waals surface area contributed by atoms with Gasteiger partial charge in [-0.2, -0.15) is 0 Å². The predicted octanol–water partition coefficient (Wildman–Crippen LogP) is 1.32. The summed E-state index contributed by atoms with van der Waals surface area (Å²) in [5, 5.41) is 16.9. The predicted molar refractivity (Wildman–Crippen MR) is 45.8 cm³/mol. The van der Waals surface area contributed by atoms with Crippen LogP contribution < -0.4 is 0 Å². The number of rotatable bonds is 2. The molecule has 0 heterocycles. The summed E-state index contributed by atoms with van der Waals surface area (Å²) in [6.45, 7) is 0. The molecule has 0 spiro atoms. The summed E-state index contributed by atoms with van der Waals surface area (Å²) >= 11 is 5.77. The van der Waals surface area contributed by atoms with Gasteiger partial charge in [-0.25, -0.2) is 0 Å². The van der Waals surface area contributed by atoms with Gasteiger partial charge in [-0.1, -0.05) is 12.8 Å². The third-order valence-corrected chi connectivity index (χ3v) is 3.17. The fraction of sp³-hybridized carbons (Fsp3) is 0.750. The summed E-state index contributed by atoms with van der Waals surface area (Å²) in [5.74, 6) is -2.64. The molecule has 0 aromatic heterocycles. The monoisotopic (exact) mass is 206 g/mol. The Morgan fingerprint density at radius 1 is 1.23 bits per heavy atom. The van der Waals surface area contributed by atoms with E-state index in [1.807, 2.05) is 0 Å². The largest absolute Gasteiger partial charge is 0.480 e. The second kappa shape index (κ2) is 3.54. The van der Waals surface area contributed by atoms with E-state index in [4.69, 9.17) is 21.8 Å². The highest BCUT2D eigenvalue weighted by molar-refractivity contribution is 6.25. The van der Waals surface area contributed by atoms with E-state index in [9.17, 15) is 9.59 Å². The molecular weight excluding hydrogens is 196 g/mol. The number of carboxylic acids is 2. The summed E-state index contributed by atoms with van der Waals surface area (Å²) in [4.78, 5) is 21.7. The van der Waals surface area contributed by atoms with Crippen molar-refractivity contribution in [3.63, 3.8) is 0 Å². The van der Waals surface area contributed by atoms with E-state index in [0.717, 1.165) is 6.42 Å². The molecule has 0 aromatic rings. The second-order valence-electron chi connectivity index (χ2n) is 3.29. The molecule has 1 atom stereocenters. The first kappa shape index (κ1) is 10.3. The Morgan fingerprint density at radius 3 is 2.08 bits per heavy atom. The van der Waals surface area contributed by atoms with Gasteiger partial charge in [0, 0.05) is 0 Å². The SMILES string of the molecule is O=C(O)C1(C(=O)O)CCCCC1Cl. The number of hydrogen-bond acceptors (Lipinski definition) is 2. The lowest BCUT2D eigenvalue weighted by Gasteiger charge is -2.33. The minimum atomic E-state index is -1.76. The van der Waals surface area contributed by atoms with Crippen molar-refractivity contribution in [2.24, 2.45) is 5.41 Å². The Balaban J connectivity index is 3.00. The first-order valence-electron chi connectivity index (χ1n) is 4.12. The van der Waals surface area contributed by atoms with Gasteiger partial charge in [0.25, 0.3) is 0 Å². The van der Waals surface area contributed by atoms with Crippen LogP contribution in [0.5, 0.6) is 0 Å². The van der Waals surface area contributed by atoms with Crippen molar-refractivity contribution in [3.05, 3.63) is 0 Å². The van der Waals surface area contributed by atoms with Crippen molar-refractivity contribution in [3.8, 4) is 0 Å². The highest BCUT2D eigenvalue weighted by Gasteiger charge is 2.53. The van der Waals surface area contributed by atoms with Gasteiger partial charge in [0.05, 0.1) is 5.38 Å². The second-order valence-corrected chi connectivity index (χ2v) is 3.82. The van der Waals surface area contributed by atoms with Crippen LogP contribution in [0.1, 0.15) is 25.7 Å². The lowest BCUT2D eigenvalue weighted by molar-refractivity contribution is -0.166. The van der Waals surface area contributed by atoms with Gasteiger partial charge in [0.15, 0.2) is 5.41 Å². The van der Waals surface area contributed by atoms with Gasteiger partial charge >= 0.3 is 11.9 Å². The zero-order chi connectivity index (χ0) is 10.1. The fourth-order valence-corrected chi connectivity index (χ4v) is 2.15. The third kappa shape index (κ3) is 1.50. The van der Waals surface area contributed by atoms with Crippen LogP contribution in [0.3, 0.4) is 0 Å². The average Bonchev–Trinajstić information content (AvgIpc) is 2.04. The molecule has 1 saturated carbocycles. The zero-order valence-corrected chi connectivity index (χ0v) is 7.75.